The molecule has 2 heterocycles. The van der Waals surface area contributed by atoms with E-state index in [0.29, 0.717) is 11.8 Å². The van der Waals surface area contributed by atoms with Crippen LogP contribution in [-0.4, -0.2) is 38.4 Å². The number of ether oxygens (including phenoxy) is 1. The standard InChI is InChI=1S/C19H27N2O5P/c1-4-24-27(22,25-5-2)18-19(21-13-7-6-8-14-21)26-17(20-18)15-9-11-16(23-3)12-10-15/h9-12H,4-8,13-14H2,1-3H3. The van der Waals surface area contributed by atoms with Gasteiger partial charge < -0.3 is 23.1 Å². The maximum absolute atomic E-state index is 13.4. The highest BCUT2D eigenvalue weighted by molar-refractivity contribution is 7.62. The topological polar surface area (TPSA) is 74.0 Å². The van der Waals surface area contributed by atoms with E-state index in [-0.39, 0.29) is 18.6 Å². The van der Waals surface area contributed by atoms with E-state index in [1.165, 1.54) is 6.42 Å². The van der Waals surface area contributed by atoms with Gasteiger partial charge in [0.05, 0.1) is 20.3 Å². The normalized spacial score (nSPS) is 15.1. The van der Waals surface area contributed by atoms with E-state index in [9.17, 15) is 4.57 Å². The summed E-state index contributed by atoms with van der Waals surface area (Å²) in [5.74, 6) is 1.63. The Morgan fingerprint density at radius 1 is 1.07 bits per heavy atom. The maximum Gasteiger partial charge on any atom is 0.385 e. The lowest BCUT2D eigenvalue weighted by atomic mass is 10.1. The summed E-state index contributed by atoms with van der Waals surface area (Å²) in [7, 11) is -1.94. The number of benzene rings is 1. The van der Waals surface area contributed by atoms with Gasteiger partial charge in [-0.25, -0.2) is 0 Å². The monoisotopic (exact) mass is 394 g/mol. The number of piperidine rings is 1. The number of rotatable bonds is 8. The van der Waals surface area contributed by atoms with Crippen LogP contribution in [0.1, 0.15) is 33.1 Å². The van der Waals surface area contributed by atoms with Gasteiger partial charge in [0.15, 0.2) is 0 Å². The Hall–Kier alpha value is -1.82. The SMILES string of the molecule is CCOP(=O)(OCC)c1nc(-c2ccc(OC)cc2)oc1N1CCCCC1. The van der Waals surface area contributed by atoms with Crippen LogP contribution in [0.4, 0.5) is 5.88 Å². The number of methoxy groups -OCH3 is 1. The number of aromatic nitrogens is 1. The van der Waals surface area contributed by atoms with Gasteiger partial charge in [-0.1, -0.05) is 0 Å². The highest BCUT2D eigenvalue weighted by Gasteiger charge is 2.38. The van der Waals surface area contributed by atoms with Gasteiger partial charge in [-0.15, -0.1) is 0 Å². The molecule has 1 fully saturated rings. The van der Waals surface area contributed by atoms with E-state index in [2.05, 4.69) is 9.88 Å². The van der Waals surface area contributed by atoms with Crippen LogP contribution in [-0.2, 0) is 13.6 Å². The van der Waals surface area contributed by atoms with Gasteiger partial charge in [-0.05, 0) is 57.4 Å². The third kappa shape index (κ3) is 4.37. The van der Waals surface area contributed by atoms with Gasteiger partial charge in [-0.3, -0.25) is 4.57 Å². The molecule has 0 spiro atoms. The fourth-order valence-corrected chi connectivity index (χ4v) is 4.78. The second kappa shape index (κ2) is 8.91. The molecule has 7 nitrogen and oxygen atoms in total. The summed E-state index contributed by atoms with van der Waals surface area (Å²) >= 11 is 0. The average molecular weight is 394 g/mol. The molecule has 0 bridgehead atoms. The van der Waals surface area contributed by atoms with Crippen LogP contribution in [0.25, 0.3) is 11.5 Å². The summed E-state index contributed by atoms with van der Waals surface area (Å²) in [6, 6.07) is 7.40. The highest BCUT2D eigenvalue weighted by atomic mass is 31.2. The maximum atomic E-state index is 13.4. The molecule has 0 unspecified atom stereocenters. The molecule has 27 heavy (non-hydrogen) atoms. The predicted octanol–water partition coefficient (Wildman–Crippen LogP) is 4.23. The first-order chi connectivity index (χ1) is 13.1. The largest absolute Gasteiger partial charge is 0.497 e. The minimum atomic E-state index is -3.56. The minimum Gasteiger partial charge on any atom is -0.497 e. The number of nitrogens with zero attached hydrogens (tertiary/aromatic N) is 2. The van der Waals surface area contributed by atoms with Crippen LogP contribution in [0, 0.1) is 0 Å². The van der Waals surface area contributed by atoms with Crippen LogP contribution < -0.4 is 15.1 Å². The first kappa shape index (κ1) is 19.9. The van der Waals surface area contributed by atoms with Gasteiger partial charge in [-0.2, -0.15) is 4.98 Å². The van der Waals surface area contributed by atoms with Crippen molar-refractivity contribution < 1.29 is 22.8 Å². The first-order valence-corrected chi connectivity index (χ1v) is 11.0. The molecule has 148 valence electrons. The third-order valence-corrected chi connectivity index (χ3v) is 6.44. The summed E-state index contributed by atoms with van der Waals surface area (Å²) in [5.41, 5.74) is 1.04. The molecule has 0 N–H and O–H groups in total. The second-order valence-corrected chi connectivity index (χ2v) is 8.19. The van der Waals surface area contributed by atoms with Crippen LogP contribution in [0.5, 0.6) is 5.75 Å². The number of anilines is 1. The Kier molecular flexibility index (Phi) is 6.58. The van der Waals surface area contributed by atoms with E-state index in [0.717, 1.165) is 37.2 Å². The molecule has 0 amide bonds. The zero-order valence-electron chi connectivity index (χ0n) is 16.1. The molecule has 3 rings (SSSR count). The molecule has 1 aromatic carbocycles. The summed E-state index contributed by atoms with van der Waals surface area (Å²) in [6.07, 6.45) is 3.30. The lowest BCUT2D eigenvalue weighted by molar-refractivity contribution is 0.229. The smallest absolute Gasteiger partial charge is 0.385 e. The van der Waals surface area contributed by atoms with Crippen molar-refractivity contribution in [1.82, 2.24) is 4.98 Å². The van der Waals surface area contributed by atoms with Crippen LogP contribution in [0.3, 0.4) is 0 Å². The summed E-state index contributed by atoms with van der Waals surface area (Å²) in [5, 5.41) is 0. The van der Waals surface area contributed by atoms with Gasteiger partial charge in [0, 0.05) is 18.7 Å². The second-order valence-electron chi connectivity index (χ2n) is 6.26. The van der Waals surface area contributed by atoms with Gasteiger partial charge >= 0.3 is 7.60 Å². The van der Waals surface area contributed by atoms with Crippen molar-refractivity contribution >= 4 is 18.9 Å². The zero-order chi connectivity index (χ0) is 19.3. The fraction of sp³-hybridized carbons (Fsp3) is 0.526. The van der Waals surface area contributed by atoms with E-state index in [1.54, 1.807) is 21.0 Å². The Balaban J connectivity index is 2.05. The molecule has 0 radical (unpaired) electrons. The summed E-state index contributed by atoms with van der Waals surface area (Å²) in [4.78, 5) is 6.65. The van der Waals surface area contributed by atoms with Crippen molar-refractivity contribution in [2.75, 3.05) is 38.3 Å². The van der Waals surface area contributed by atoms with Gasteiger partial charge in [0.2, 0.25) is 17.2 Å². The number of oxazole rings is 1. The molecule has 1 saturated heterocycles. The van der Waals surface area contributed by atoms with Crippen LogP contribution in [0.2, 0.25) is 0 Å². The summed E-state index contributed by atoms with van der Waals surface area (Å²) < 4.78 is 35.8. The molecule has 8 heteroatoms. The molecular weight excluding hydrogens is 367 g/mol. The van der Waals surface area contributed by atoms with Crippen LogP contribution >= 0.6 is 7.60 Å². The highest BCUT2D eigenvalue weighted by Crippen LogP contribution is 2.50. The molecule has 1 aromatic heterocycles. The van der Waals surface area contributed by atoms with Crippen molar-refractivity contribution in [3.05, 3.63) is 24.3 Å². The van der Waals surface area contributed by atoms with Crippen molar-refractivity contribution in [1.29, 1.82) is 0 Å². The average Bonchev–Trinajstić information content (AvgIpc) is 3.15. The molecule has 2 aromatic rings. The molecule has 0 saturated carbocycles. The van der Waals surface area contributed by atoms with E-state index >= 15 is 0 Å². The molecule has 0 aliphatic carbocycles. The van der Waals surface area contributed by atoms with Crippen molar-refractivity contribution in [3.8, 4) is 17.2 Å². The van der Waals surface area contributed by atoms with Gasteiger partial charge in [0.1, 0.15) is 5.75 Å². The fourth-order valence-electron chi connectivity index (χ4n) is 3.14. The Morgan fingerprint density at radius 3 is 2.26 bits per heavy atom. The Bertz CT molecular complexity index is 774. The van der Waals surface area contributed by atoms with E-state index in [1.807, 2.05) is 24.3 Å². The molecule has 1 aliphatic rings. The quantitative estimate of drug-likeness (QED) is 0.620. The van der Waals surface area contributed by atoms with Crippen molar-refractivity contribution in [2.24, 2.45) is 0 Å². The molecule has 0 atom stereocenters. The molecule has 1 aliphatic heterocycles. The number of hydrogen-bond donors (Lipinski definition) is 0. The molecular formula is C19H27N2O5P. The predicted molar refractivity (Wildman–Crippen MR) is 105 cm³/mol. The first-order valence-electron chi connectivity index (χ1n) is 9.41. The summed E-state index contributed by atoms with van der Waals surface area (Å²) in [6.45, 7) is 5.78. The lowest BCUT2D eigenvalue weighted by Gasteiger charge is -2.27. The zero-order valence-corrected chi connectivity index (χ0v) is 17.0. The minimum absolute atomic E-state index is 0.263. The van der Waals surface area contributed by atoms with Crippen molar-refractivity contribution in [2.45, 2.75) is 33.1 Å². The van der Waals surface area contributed by atoms with Crippen LogP contribution in [0.15, 0.2) is 28.7 Å². The van der Waals surface area contributed by atoms with E-state index < -0.39 is 7.60 Å². The van der Waals surface area contributed by atoms with Gasteiger partial charge in [0.25, 0.3) is 0 Å². The number of hydrogen-bond acceptors (Lipinski definition) is 7. The Morgan fingerprint density at radius 2 is 1.70 bits per heavy atom. The lowest BCUT2D eigenvalue weighted by Crippen LogP contribution is -2.33. The van der Waals surface area contributed by atoms with E-state index in [4.69, 9.17) is 18.2 Å². The third-order valence-electron chi connectivity index (χ3n) is 4.43. The Labute approximate surface area is 160 Å². The van der Waals surface area contributed by atoms with Crippen molar-refractivity contribution in [3.63, 3.8) is 0 Å².